The van der Waals surface area contributed by atoms with E-state index in [1.54, 1.807) is 7.05 Å². The molecule has 4 aromatic heterocycles. The maximum Gasteiger partial charge on any atom is 0.413 e. The number of carbonyl (C=O) groups is 2. The minimum atomic E-state index is -1.15. The number of nitrogens with zero attached hydrogens (tertiary/aromatic N) is 5. The quantitative estimate of drug-likeness (QED) is 0.288. The average molecular weight is 515 g/mol. The third kappa shape index (κ3) is 5.86. The van der Waals surface area contributed by atoms with Crippen molar-refractivity contribution < 1.29 is 31.9 Å². The molecule has 2 N–H and O–H groups in total. The zero-order chi connectivity index (χ0) is 26.7. The highest BCUT2D eigenvalue weighted by Crippen LogP contribution is 2.27. The van der Waals surface area contributed by atoms with Crippen molar-refractivity contribution in [1.82, 2.24) is 24.5 Å². The predicted molar refractivity (Wildman–Crippen MR) is 121 cm³/mol. The van der Waals surface area contributed by atoms with Gasteiger partial charge in [0.2, 0.25) is 17.8 Å². The predicted octanol–water partition coefficient (Wildman–Crippen LogP) is 4.39. The Morgan fingerprint density at radius 1 is 0.973 bits per heavy atom. The van der Waals surface area contributed by atoms with Crippen LogP contribution in [0.25, 0.3) is 11.4 Å². The standard InChI is InChI=1S/C23H17F4N7O3/c1-11(15-7-13(24)8-29-20(15)27)37-23(36)33-21-19(30-10-34(21)2)16-4-3-14(9-28-16)31-22(35)12-5-17(25)32-18(26)6-12/h3-11H,1-2H3,(H,31,35)(H,33,36)/t11-/m1/s1. The molecule has 0 spiro atoms. The molecule has 4 heterocycles. The summed E-state index contributed by atoms with van der Waals surface area (Å²) < 4.78 is 60.4. The van der Waals surface area contributed by atoms with Gasteiger partial charge in [0.25, 0.3) is 5.91 Å². The Balaban J connectivity index is 1.46. The van der Waals surface area contributed by atoms with E-state index in [0.717, 1.165) is 18.2 Å². The first kappa shape index (κ1) is 25.2. The second kappa shape index (κ2) is 10.4. The highest BCUT2D eigenvalue weighted by molar-refractivity contribution is 6.04. The summed E-state index contributed by atoms with van der Waals surface area (Å²) in [4.78, 5) is 39.3. The Morgan fingerprint density at radius 2 is 1.70 bits per heavy atom. The molecule has 0 unspecified atom stereocenters. The van der Waals surface area contributed by atoms with E-state index >= 15 is 0 Å². The summed E-state index contributed by atoms with van der Waals surface area (Å²) in [6, 6.07) is 5.39. The molecule has 0 aliphatic rings. The fourth-order valence-corrected chi connectivity index (χ4v) is 3.25. The fraction of sp³-hybridized carbons (Fsp3) is 0.130. The van der Waals surface area contributed by atoms with Gasteiger partial charge in [-0.05, 0) is 25.1 Å². The minimum absolute atomic E-state index is 0.182. The number of hydrogen-bond donors (Lipinski definition) is 2. The molecule has 0 saturated heterocycles. The normalized spacial score (nSPS) is 11.6. The maximum absolute atomic E-state index is 13.9. The maximum atomic E-state index is 13.9. The SMILES string of the molecule is C[C@@H](OC(=O)Nc1c(-c2ccc(NC(=O)c3cc(F)nc(F)c3)cn2)ncn1C)c1cc(F)cnc1F. The van der Waals surface area contributed by atoms with Crippen molar-refractivity contribution in [2.75, 3.05) is 10.6 Å². The van der Waals surface area contributed by atoms with E-state index in [9.17, 15) is 27.2 Å². The summed E-state index contributed by atoms with van der Waals surface area (Å²) in [5.41, 5.74) is 0.241. The molecule has 37 heavy (non-hydrogen) atoms. The molecular formula is C23H17F4N7O3. The van der Waals surface area contributed by atoms with E-state index in [-0.39, 0.29) is 28.3 Å². The molecule has 4 aromatic rings. The number of hydrogen-bond acceptors (Lipinski definition) is 7. The van der Waals surface area contributed by atoms with Crippen molar-refractivity contribution in [3.63, 3.8) is 0 Å². The summed E-state index contributed by atoms with van der Waals surface area (Å²) in [6.07, 6.45) is 1.26. The Bertz CT molecular complexity index is 1460. The van der Waals surface area contributed by atoms with Crippen molar-refractivity contribution in [2.24, 2.45) is 7.05 Å². The molecule has 190 valence electrons. The Morgan fingerprint density at radius 3 is 2.38 bits per heavy atom. The van der Waals surface area contributed by atoms with Crippen molar-refractivity contribution >= 4 is 23.5 Å². The molecule has 0 radical (unpaired) electrons. The molecule has 0 fully saturated rings. The van der Waals surface area contributed by atoms with Gasteiger partial charge in [0.15, 0.2) is 0 Å². The van der Waals surface area contributed by atoms with Gasteiger partial charge in [0.05, 0.1) is 35.7 Å². The van der Waals surface area contributed by atoms with Crippen LogP contribution in [0.1, 0.15) is 28.9 Å². The summed E-state index contributed by atoms with van der Waals surface area (Å²) in [5.74, 6) is -4.64. The van der Waals surface area contributed by atoms with Gasteiger partial charge in [0.1, 0.15) is 23.4 Å². The highest BCUT2D eigenvalue weighted by atomic mass is 19.1. The summed E-state index contributed by atoms with van der Waals surface area (Å²) in [7, 11) is 1.59. The number of aryl methyl sites for hydroxylation is 1. The second-order valence-corrected chi connectivity index (χ2v) is 7.65. The third-order valence-corrected chi connectivity index (χ3v) is 5.00. The zero-order valence-electron chi connectivity index (χ0n) is 19.2. The van der Waals surface area contributed by atoms with Gasteiger partial charge in [-0.25, -0.2) is 19.2 Å². The second-order valence-electron chi connectivity index (χ2n) is 7.65. The lowest BCUT2D eigenvalue weighted by molar-refractivity contribution is 0.102. The van der Waals surface area contributed by atoms with Crippen LogP contribution in [-0.4, -0.2) is 36.5 Å². The number of nitrogens with one attached hydrogen (secondary N) is 2. The first-order valence-electron chi connectivity index (χ1n) is 10.5. The van der Waals surface area contributed by atoms with Crippen molar-refractivity contribution in [1.29, 1.82) is 0 Å². The van der Waals surface area contributed by atoms with E-state index in [2.05, 4.69) is 30.6 Å². The summed E-state index contributed by atoms with van der Waals surface area (Å²) >= 11 is 0. The molecule has 0 bridgehead atoms. The molecule has 14 heteroatoms. The number of rotatable bonds is 6. The fourth-order valence-electron chi connectivity index (χ4n) is 3.25. The van der Waals surface area contributed by atoms with Gasteiger partial charge in [0, 0.05) is 24.7 Å². The topological polar surface area (TPSA) is 124 Å². The molecule has 0 saturated carbocycles. The number of aromatic nitrogens is 5. The highest BCUT2D eigenvalue weighted by Gasteiger charge is 2.21. The van der Waals surface area contributed by atoms with E-state index < -0.39 is 41.8 Å². The first-order valence-corrected chi connectivity index (χ1v) is 10.5. The molecule has 0 aromatic carbocycles. The molecule has 10 nitrogen and oxygen atoms in total. The minimum Gasteiger partial charge on any atom is -0.441 e. The Hall–Kier alpha value is -4.88. The van der Waals surface area contributed by atoms with Crippen LogP contribution in [0.5, 0.6) is 0 Å². The van der Waals surface area contributed by atoms with E-state index in [1.807, 2.05) is 0 Å². The average Bonchev–Trinajstić information content (AvgIpc) is 3.20. The summed E-state index contributed by atoms with van der Waals surface area (Å²) in [5, 5.41) is 4.94. The molecule has 1 atom stereocenters. The molecular weight excluding hydrogens is 498 g/mol. The Labute approximate surface area is 206 Å². The number of carbonyl (C=O) groups excluding carboxylic acids is 2. The molecule has 0 aliphatic carbocycles. The number of pyridine rings is 3. The smallest absolute Gasteiger partial charge is 0.413 e. The van der Waals surface area contributed by atoms with Crippen LogP contribution < -0.4 is 10.6 Å². The molecule has 4 rings (SSSR count). The number of amides is 2. The van der Waals surface area contributed by atoms with Gasteiger partial charge in [-0.3, -0.25) is 15.1 Å². The third-order valence-electron chi connectivity index (χ3n) is 5.00. The lowest BCUT2D eigenvalue weighted by Crippen LogP contribution is -2.19. The van der Waals surface area contributed by atoms with Crippen molar-refractivity contribution in [3.8, 4) is 11.4 Å². The van der Waals surface area contributed by atoms with Gasteiger partial charge < -0.3 is 14.6 Å². The van der Waals surface area contributed by atoms with Gasteiger partial charge in [-0.2, -0.15) is 18.2 Å². The monoisotopic (exact) mass is 515 g/mol. The number of ether oxygens (including phenoxy) is 1. The van der Waals surface area contributed by atoms with Gasteiger partial charge >= 0.3 is 6.09 Å². The summed E-state index contributed by atoms with van der Waals surface area (Å²) in [6.45, 7) is 1.35. The van der Waals surface area contributed by atoms with Crippen molar-refractivity contribution in [2.45, 2.75) is 13.0 Å². The first-order chi connectivity index (χ1) is 17.6. The lowest BCUT2D eigenvalue weighted by atomic mass is 10.2. The van der Waals surface area contributed by atoms with Gasteiger partial charge in [-0.1, -0.05) is 0 Å². The van der Waals surface area contributed by atoms with Gasteiger partial charge in [-0.15, -0.1) is 0 Å². The number of anilines is 2. The number of imidazole rings is 1. The molecule has 2 amide bonds. The number of halogens is 4. The molecule has 0 aliphatic heterocycles. The van der Waals surface area contributed by atoms with Crippen LogP contribution in [0, 0.1) is 23.7 Å². The van der Waals surface area contributed by atoms with Crippen LogP contribution in [0.15, 0.2) is 49.1 Å². The van der Waals surface area contributed by atoms with Crippen molar-refractivity contribution in [3.05, 3.63) is 83.8 Å². The van der Waals surface area contributed by atoms with E-state index in [4.69, 9.17) is 4.74 Å². The zero-order valence-corrected chi connectivity index (χ0v) is 19.2. The largest absolute Gasteiger partial charge is 0.441 e. The van der Waals surface area contributed by atoms with E-state index in [1.165, 1.54) is 36.1 Å². The van der Waals surface area contributed by atoms with E-state index in [0.29, 0.717) is 11.9 Å². The van der Waals surface area contributed by atoms with Crippen LogP contribution in [0.3, 0.4) is 0 Å². The van der Waals surface area contributed by atoms with Crippen LogP contribution in [0.4, 0.5) is 33.9 Å². The Kier molecular flexibility index (Phi) is 7.08. The van der Waals surface area contributed by atoms with Crippen LogP contribution >= 0.6 is 0 Å². The van der Waals surface area contributed by atoms with Crippen LogP contribution in [-0.2, 0) is 11.8 Å². The van der Waals surface area contributed by atoms with Crippen LogP contribution in [0.2, 0.25) is 0 Å². The lowest BCUT2D eigenvalue weighted by Gasteiger charge is -2.15.